The second-order valence-electron chi connectivity index (χ2n) is 5.30. The topological polar surface area (TPSA) is 58.6 Å². The minimum absolute atomic E-state index is 0.141. The van der Waals surface area contributed by atoms with Crippen molar-refractivity contribution in [3.05, 3.63) is 53.6 Å². The van der Waals surface area contributed by atoms with E-state index >= 15 is 0 Å². The number of para-hydroxylation sites is 1. The van der Waals surface area contributed by atoms with Gasteiger partial charge in [0.15, 0.2) is 6.10 Å². The summed E-state index contributed by atoms with van der Waals surface area (Å²) in [6.07, 6.45) is 0.827. The molecule has 0 saturated heterocycles. The standard InChI is InChI=1S/C17H17NO3/c1-11-8-13(19)10-14(9-11)21-16-7-6-12-4-2-3-5-15(12)18-17(16)20/h2-5,8-10,16,19H,6-7H2,1H3,(H,18,20). The molecule has 1 aliphatic heterocycles. The van der Waals surface area contributed by atoms with E-state index in [1.54, 1.807) is 6.07 Å². The molecule has 0 aliphatic carbocycles. The van der Waals surface area contributed by atoms with Gasteiger partial charge in [-0.1, -0.05) is 18.2 Å². The molecular weight excluding hydrogens is 266 g/mol. The molecule has 0 bridgehead atoms. The average molecular weight is 283 g/mol. The fraction of sp³-hybridized carbons (Fsp3) is 0.235. The number of rotatable bonds is 2. The largest absolute Gasteiger partial charge is 0.508 e. The quantitative estimate of drug-likeness (QED) is 0.890. The third kappa shape index (κ3) is 2.99. The maximum Gasteiger partial charge on any atom is 0.265 e. The van der Waals surface area contributed by atoms with Gasteiger partial charge in [0, 0.05) is 11.8 Å². The minimum Gasteiger partial charge on any atom is -0.508 e. The molecule has 2 aromatic rings. The van der Waals surface area contributed by atoms with E-state index in [2.05, 4.69) is 5.32 Å². The van der Waals surface area contributed by atoms with E-state index in [1.165, 1.54) is 6.07 Å². The highest BCUT2D eigenvalue weighted by molar-refractivity contribution is 5.95. The SMILES string of the molecule is Cc1cc(O)cc(OC2CCc3ccccc3NC2=O)c1. The predicted octanol–water partition coefficient (Wildman–Crippen LogP) is 3.03. The highest BCUT2D eigenvalue weighted by Crippen LogP contribution is 2.26. The summed E-state index contributed by atoms with van der Waals surface area (Å²) in [5.41, 5.74) is 2.85. The molecule has 0 aromatic heterocycles. The number of hydrogen-bond donors (Lipinski definition) is 2. The summed E-state index contributed by atoms with van der Waals surface area (Å²) < 4.78 is 5.77. The van der Waals surface area contributed by atoms with Crippen molar-refractivity contribution in [2.45, 2.75) is 25.9 Å². The minimum atomic E-state index is -0.557. The van der Waals surface area contributed by atoms with E-state index < -0.39 is 6.10 Å². The second kappa shape index (κ2) is 5.48. The van der Waals surface area contributed by atoms with Gasteiger partial charge in [-0.25, -0.2) is 0 Å². The molecule has 4 heteroatoms. The van der Waals surface area contributed by atoms with Crippen LogP contribution in [0.25, 0.3) is 0 Å². The van der Waals surface area contributed by atoms with Crippen molar-refractivity contribution in [3.63, 3.8) is 0 Å². The molecule has 2 N–H and O–H groups in total. The van der Waals surface area contributed by atoms with Crippen molar-refractivity contribution < 1.29 is 14.6 Å². The molecule has 0 radical (unpaired) electrons. The van der Waals surface area contributed by atoms with Crippen LogP contribution in [0.15, 0.2) is 42.5 Å². The van der Waals surface area contributed by atoms with Crippen molar-refractivity contribution in [3.8, 4) is 11.5 Å². The van der Waals surface area contributed by atoms with Crippen LogP contribution in [0.2, 0.25) is 0 Å². The van der Waals surface area contributed by atoms with E-state index in [0.717, 1.165) is 23.2 Å². The smallest absolute Gasteiger partial charge is 0.265 e. The molecule has 1 aliphatic rings. The lowest BCUT2D eigenvalue weighted by Crippen LogP contribution is -2.31. The van der Waals surface area contributed by atoms with Gasteiger partial charge in [0.25, 0.3) is 5.91 Å². The number of carbonyl (C=O) groups is 1. The van der Waals surface area contributed by atoms with Gasteiger partial charge in [0.1, 0.15) is 11.5 Å². The number of phenolic OH excluding ortho intramolecular Hbond substituents is 1. The molecule has 0 spiro atoms. The molecule has 4 nitrogen and oxygen atoms in total. The van der Waals surface area contributed by atoms with Gasteiger partial charge in [-0.3, -0.25) is 4.79 Å². The highest BCUT2D eigenvalue weighted by Gasteiger charge is 2.25. The highest BCUT2D eigenvalue weighted by atomic mass is 16.5. The Bertz CT molecular complexity index is 661. The van der Waals surface area contributed by atoms with E-state index in [0.29, 0.717) is 12.2 Å². The molecule has 1 amide bonds. The van der Waals surface area contributed by atoms with Crippen LogP contribution in [-0.4, -0.2) is 17.1 Å². The fourth-order valence-electron chi connectivity index (χ4n) is 2.56. The number of amides is 1. The summed E-state index contributed by atoms with van der Waals surface area (Å²) in [6, 6.07) is 12.8. The third-order valence-electron chi connectivity index (χ3n) is 3.56. The van der Waals surface area contributed by atoms with Gasteiger partial charge in [0.2, 0.25) is 0 Å². The normalized spacial score (nSPS) is 17.6. The van der Waals surface area contributed by atoms with E-state index in [1.807, 2.05) is 37.3 Å². The first-order valence-corrected chi connectivity index (χ1v) is 6.98. The van der Waals surface area contributed by atoms with Gasteiger partial charge < -0.3 is 15.2 Å². The van der Waals surface area contributed by atoms with Gasteiger partial charge >= 0.3 is 0 Å². The summed E-state index contributed by atoms with van der Waals surface area (Å²) in [7, 11) is 0. The summed E-state index contributed by atoms with van der Waals surface area (Å²) in [5, 5.41) is 12.5. The number of anilines is 1. The van der Waals surface area contributed by atoms with Gasteiger partial charge in [-0.05, 0) is 49.1 Å². The summed E-state index contributed by atoms with van der Waals surface area (Å²) in [5.74, 6) is 0.502. The maximum atomic E-state index is 12.3. The fourth-order valence-corrected chi connectivity index (χ4v) is 2.56. The summed E-state index contributed by atoms with van der Waals surface area (Å²) in [4.78, 5) is 12.3. The Kier molecular flexibility index (Phi) is 3.52. The number of nitrogens with one attached hydrogen (secondary N) is 1. The molecule has 1 heterocycles. The van der Waals surface area contributed by atoms with Crippen LogP contribution < -0.4 is 10.1 Å². The second-order valence-corrected chi connectivity index (χ2v) is 5.30. The van der Waals surface area contributed by atoms with Crippen LogP contribution in [0.3, 0.4) is 0 Å². The zero-order chi connectivity index (χ0) is 14.8. The lowest BCUT2D eigenvalue weighted by molar-refractivity contribution is -0.122. The van der Waals surface area contributed by atoms with Crippen molar-refractivity contribution in [1.29, 1.82) is 0 Å². The first-order valence-electron chi connectivity index (χ1n) is 6.98. The summed E-state index contributed by atoms with van der Waals surface area (Å²) in [6.45, 7) is 1.87. The third-order valence-corrected chi connectivity index (χ3v) is 3.56. The Balaban J connectivity index is 1.79. The number of ether oxygens (including phenoxy) is 1. The van der Waals surface area contributed by atoms with Crippen LogP contribution in [0, 0.1) is 6.92 Å². The predicted molar refractivity (Wildman–Crippen MR) is 80.7 cm³/mol. The van der Waals surface area contributed by atoms with Crippen LogP contribution in [0.4, 0.5) is 5.69 Å². The number of fused-ring (bicyclic) bond motifs is 1. The lowest BCUT2D eigenvalue weighted by Gasteiger charge is -2.16. The molecule has 1 unspecified atom stereocenters. The zero-order valence-electron chi connectivity index (χ0n) is 11.8. The van der Waals surface area contributed by atoms with Gasteiger partial charge in [-0.15, -0.1) is 0 Å². The molecule has 3 rings (SSSR count). The number of benzene rings is 2. The molecule has 2 aromatic carbocycles. The molecule has 1 atom stereocenters. The Hall–Kier alpha value is -2.49. The Morgan fingerprint density at radius 2 is 2.05 bits per heavy atom. The first kappa shape index (κ1) is 13.5. The Morgan fingerprint density at radius 3 is 2.86 bits per heavy atom. The summed E-state index contributed by atoms with van der Waals surface area (Å²) >= 11 is 0. The Morgan fingerprint density at radius 1 is 1.24 bits per heavy atom. The van der Waals surface area contributed by atoms with Crippen molar-refractivity contribution >= 4 is 11.6 Å². The van der Waals surface area contributed by atoms with Gasteiger partial charge in [0.05, 0.1) is 0 Å². The van der Waals surface area contributed by atoms with Crippen LogP contribution in [0.5, 0.6) is 11.5 Å². The monoisotopic (exact) mass is 283 g/mol. The van der Waals surface area contributed by atoms with Crippen LogP contribution >= 0.6 is 0 Å². The molecular formula is C17H17NO3. The average Bonchev–Trinajstić information content (AvgIpc) is 2.58. The number of hydrogen-bond acceptors (Lipinski definition) is 3. The van der Waals surface area contributed by atoms with Crippen molar-refractivity contribution in [2.24, 2.45) is 0 Å². The first-order chi connectivity index (χ1) is 10.1. The Labute approximate surface area is 123 Å². The number of aromatic hydroxyl groups is 1. The molecule has 0 saturated carbocycles. The van der Waals surface area contributed by atoms with Crippen molar-refractivity contribution in [2.75, 3.05) is 5.32 Å². The van der Waals surface area contributed by atoms with Crippen LogP contribution in [0.1, 0.15) is 17.5 Å². The molecule has 21 heavy (non-hydrogen) atoms. The number of phenols is 1. The van der Waals surface area contributed by atoms with Crippen LogP contribution in [-0.2, 0) is 11.2 Å². The van der Waals surface area contributed by atoms with E-state index in [9.17, 15) is 9.90 Å². The lowest BCUT2D eigenvalue weighted by atomic mass is 10.1. The van der Waals surface area contributed by atoms with Gasteiger partial charge in [-0.2, -0.15) is 0 Å². The molecule has 0 fully saturated rings. The maximum absolute atomic E-state index is 12.3. The van der Waals surface area contributed by atoms with E-state index in [-0.39, 0.29) is 11.7 Å². The van der Waals surface area contributed by atoms with E-state index in [4.69, 9.17) is 4.74 Å². The number of carbonyl (C=O) groups excluding carboxylic acids is 1. The molecule has 108 valence electrons. The number of aryl methyl sites for hydroxylation is 2. The zero-order valence-corrected chi connectivity index (χ0v) is 11.8. The van der Waals surface area contributed by atoms with Crippen molar-refractivity contribution in [1.82, 2.24) is 0 Å².